The molecule has 1 aliphatic carbocycles. The largest absolute Gasteiger partial charge is 0.444 e. The summed E-state index contributed by atoms with van der Waals surface area (Å²) in [6, 6.07) is 14.0. The van der Waals surface area contributed by atoms with Crippen LogP contribution in [0.2, 0.25) is 5.02 Å². The van der Waals surface area contributed by atoms with Gasteiger partial charge in [-0.2, -0.15) is 0 Å². The van der Waals surface area contributed by atoms with Crippen LogP contribution in [0.3, 0.4) is 0 Å². The molecule has 2 aromatic rings. The fourth-order valence-corrected chi connectivity index (χ4v) is 5.29. The third-order valence-electron chi connectivity index (χ3n) is 6.74. The zero-order valence-electron chi connectivity index (χ0n) is 23.3. The number of guanidine groups is 1. The minimum atomic E-state index is -1.08. The van der Waals surface area contributed by atoms with Crippen LogP contribution in [0.15, 0.2) is 53.5 Å². The number of nitrogens with zero attached hydrogens (tertiary/aromatic N) is 2. The Kier molecular flexibility index (Phi) is 8.14. The molecule has 2 aromatic carbocycles. The lowest BCUT2D eigenvalue weighted by Crippen LogP contribution is -2.66. The Morgan fingerprint density at radius 1 is 1.15 bits per heavy atom. The molecular weight excluding hydrogens is 536 g/mol. The second-order valence-corrected chi connectivity index (χ2v) is 12.1. The summed E-state index contributed by atoms with van der Waals surface area (Å²) in [4.78, 5) is 44.2. The molecule has 0 bridgehead atoms. The second kappa shape index (κ2) is 11.1. The molecule has 1 heterocycles. The first-order chi connectivity index (χ1) is 18.7. The molecule has 10 nitrogen and oxygen atoms in total. The average molecular weight is 571 g/mol. The lowest BCUT2D eigenvalue weighted by atomic mass is 9.75. The number of hydrogen-bond acceptors (Lipinski definition) is 6. The van der Waals surface area contributed by atoms with E-state index in [0.717, 1.165) is 5.56 Å². The van der Waals surface area contributed by atoms with Crippen molar-refractivity contribution in [1.29, 1.82) is 0 Å². The van der Waals surface area contributed by atoms with Gasteiger partial charge < -0.3 is 19.9 Å². The normalized spacial score (nSPS) is 25.6. The van der Waals surface area contributed by atoms with Gasteiger partial charge in [-0.05, 0) is 64.7 Å². The van der Waals surface area contributed by atoms with Gasteiger partial charge in [0.25, 0.3) is 0 Å². The number of ether oxygens (including phenoxy) is 2. The standard InChI is InChI=1S/C29H35ClN4O6/c1-27(2,3)40-26(37)32-24-33-29(5,16-22(35)34(24)19-14-28(4,38)15-19)20-12-9-13-21(23(20)30)31-25(36)39-17-18-10-7-6-8-11-18/h6-13,19,38H,14-17H2,1-5H3,(H,31,36)(H,32,33,37)/t19?,28?,29-/m0/s1. The van der Waals surface area contributed by atoms with Crippen molar-refractivity contribution < 1.29 is 29.0 Å². The van der Waals surface area contributed by atoms with Crippen molar-refractivity contribution in [3.8, 4) is 0 Å². The van der Waals surface area contributed by atoms with Crippen molar-refractivity contribution in [3.05, 3.63) is 64.7 Å². The molecule has 2 aliphatic rings. The Hall–Kier alpha value is -3.63. The van der Waals surface area contributed by atoms with Crippen molar-refractivity contribution in [1.82, 2.24) is 10.2 Å². The van der Waals surface area contributed by atoms with E-state index in [2.05, 4.69) is 15.6 Å². The molecule has 0 unspecified atom stereocenters. The van der Waals surface area contributed by atoms with Crippen molar-refractivity contribution in [2.24, 2.45) is 4.99 Å². The summed E-state index contributed by atoms with van der Waals surface area (Å²) in [7, 11) is 0. The van der Waals surface area contributed by atoms with Crippen LogP contribution >= 0.6 is 11.6 Å². The van der Waals surface area contributed by atoms with E-state index in [-0.39, 0.29) is 36.0 Å². The number of halogens is 1. The van der Waals surface area contributed by atoms with Crippen LogP contribution in [0, 0.1) is 0 Å². The number of hydrogen-bond donors (Lipinski definition) is 3. The number of rotatable bonds is 5. The summed E-state index contributed by atoms with van der Waals surface area (Å²) in [5.74, 6) is -0.272. The van der Waals surface area contributed by atoms with Crippen LogP contribution in [-0.2, 0) is 26.4 Å². The van der Waals surface area contributed by atoms with Crippen LogP contribution in [0.5, 0.6) is 0 Å². The van der Waals surface area contributed by atoms with Gasteiger partial charge in [0, 0.05) is 6.04 Å². The third-order valence-corrected chi connectivity index (χ3v) is 7.15. The molecule has 1 saturated heterocycles. The number of carbonyl (C=O) groups is 3. The minimum absolute atomic E-state index is 0.0133. The molecule has 3 amide bonds. The summed E-state index contributed by atoms with van der Waals surface area (Å²) in [5.41, 5.74) is -1.11. The summed E-state index contributed by atoms with van der Waals surface area (Å²) in [6.07, 6.45) is -0.867. The van der Waals surface area contributed by atoms with Crippen molar-refractivity contribution >= 4 is 41.3 Å². The lowest BCUT2D eigenvalue weighted by molar-refractivity contribution is -0.139. The van der Waals surface area contributed by atoms with E-state index in [0.29, 0.717) is 24.1 Å². The van der Waals surface area contributed by atoms with Crippen LogP contribution < -0.4 is 10.6 Å². The highest BCUT2D eigenvalue weighted by Gasteiger charge is 2.50. The van der Waals surface area contributed by atoms with E-state index >= 15 is 0 Å². The molecular formula is C29H35ClN4O6. The van der Waals surface area contributed by atoms with Gasteiger partial charge in [0.2, 0.25) is 11.9 Å². The van der Waals surface area contributed by atoms with Gasteiger partial charge >= 0.3 is 12.2 Å². The van der Waals surface area contributed by atoms with E-state index in [1.807, 2.05) is 30.3 Å². The first kappa shape index (κ1) is 29.4. The van der Waals surface area contributed by atoms with Gasteiger partial charge in [0.15, 0.2) is 0 Å². The van der Waals surface area contributed by atoms with Gasteiger partial charge in [-0.25, -0.2) is 9.59 Å². The van der Waals surface area contributed by atoms with Gasteiger partial charge in [0.1, 0.15) is 12.2 Å². The number of nitrogens with one attached hydrogen (secondary N) is 2. The fraction of sp³-hybridized carbons (Fsp3) is 0.448. The highest BCUT2D eigenvalue weighted by Crippen LogP contribution is 2.41. The van der Waals surface area contributed by atoms with Crippen LogP contribution in [0.4, 0.5) is 15.3 Å². The molecule has 0 spiro atoms. The van der Waals surface area contributed by atoms with Crippen LogP contribution in [0.25, 0.3) is 0 Å². The molecule has 0 aromatic heterocycles. The average Bonchev–Trinajstić information content (AvgIpc) is 2.82. The summed E-state index contributed by atoms with van der Waals surface area (Å²) in [6.45, 7) is 8.72. The van der Waals surface area contributed by atoms with Crippen molar-refractivity contribution in [3.63, 3.8) is 0 Å². The summed E-state index contributed by atoms with van der Waals surface area (Å²) >= 11 is 6.76. The lowest BCUT2D eigenvalue weighted by Gasteiger charge is -2.51. The second-order valence-electron chi connectivity index (χ2n) is 11.7. The molecule has 1 aliphatic heterocycles. The Balaban J connectivity index is 1.58. The molecule has 1 saturated carbocycles. The van der Waals surface area contributed by atoms with Gasteiger partial charge in [-0.3, -0.25) is 15.0 Å². The fourth-order valence-electron chi connectivity index (χ4n) is 4.91. The zero-order chi connectivity index (χ0) is 29.3. The summed E-state index contributed by atoms with van der Waals surface area (Å²) in [5, 5.41) is 16.4. The van der Waals surface area contributed by atoms with Crippen LogP contribution in [-0.4, -0.2) is 51.3 Å². The molecule has 3 N–H and O–H groups in total. The SMILES string of the molecule is CC1(O)CC(N2C(=O)C[C@@](C)(c3cccc(NC(=O)OCc4ccccc4)c3Cl)NC2=NC(=O)OC(C)(C)C)C1. The maximum Gasteiger partial charge on any atom is 0.437 e. The predicted octanol–water partition coefficient (Wildman–Crippen LogP) is 5.33. The number of aliphatic imine (C=N–C) groups is 1. The van der Waals surface area contributed by atoms with Gasteiger partial charge in [-0.15, -0.1) is 4.99 Å². The Morgan fingerprint density at radius 3 is 2.45 bits per heavy atom. The van der Waals surface area contributed by atoms with Crippen molar-refractivity contribution in [2.75, 3.05) is 5.32 Å². The Morgan fingerprint density at radius 2 is 1.82 bits per heavy atom. The van der Waals surface area contributed by atoms with E-state index in [1.165, 1.54) is 4.90 Å². The maximum atomic E-state index is 13.5. The first-order valence-electron chi connectivity index (χ1n) is 13.1. The highest BCUT2D eigenvalue weighted by molar-refractivity contribution is 6.34. The molecule has 1 atom stereocenters. The van der Waals surface area contributed by atoms with E-state index in [4.69, 9.17) is 21.1 Å². The molecule has 214 valence electrons. The Labute approximate surface area is 238 Å². The third kappa shape index (κ3) is 6.92. The Bertz CT molecular complexity index is 1320. The quantitative estimate of drug-likeness (QED) is 0.443. The molecule has 11 heteroatoms. The molecule has 2 fully saturated rings. The number of benzene rings is 2. The van der Waals surface area contributed by atoms with E-state index < -0.39 is 28.9 Å². The number of aliphatic hydroxyl groups is 1. The van der Waals surface area contributed by atoms with Crippen molar-refractivity contribution in [2.45, 2.75) is 83.3 Å². The smallest absolute Gasteiger partial charge is 0.437 e. The topological polar surface area (TPSA) is 130 Å². The first-order valence-corrected chi connectivity index (χ1v) is 13.4. The summed E-state index contributed by atoms with van der Waals surface area (Å²) < 4.78 is 10.7. The number of anilines is 1. The monoisotopic (exact) mass is 570 g/mol. The molecule has 4 rings (SSSR count). The van der Waals surface area contributed by atoms with Gasteiger partial charge in [0.05, 0.1) is 28.3 Å². The number of carbonyl (C=O) groups excluding carboxylic acids is 3. The van der Waals surface area contributed by atoms with E-state index in [1.54, 1.807) is 52.8 Å². The minimum Gasteiger partial charge on any atom is -0.444 e. The van der Waals surface area contributed by atoms with E-state index in [9.17, 15) is 19.5 Å². The van der Waals surface area contributed by atoms with Gasteiger partial charge in [-0.1, -0.05) is 54.1 Å². The number of amides is 3. The maximum absolute atomic E-state index is 13.5. The predicted molar refractivity (Wildman–Crippen MR) is 151 cm³/mol. The van der Waals surface area contributed by atoms with Crippen LogP contribution in [0.1, 0.15) is 65.0 Å². The molecule has 0 radical (unpaired) electrons. The highest BCUT2D eigenvalue weighted by atomic mass is 35.5. The molecule has 40 heavy (non-hydrogen) atoms. The zero-order valence-corrected chi connectivity index (χ0v) is 24.0.